The highest BCUT2D eigenvalue weighted by molar-refractivity contribution is 5.96. The van der Waals surface area contributed by atoms with Crippen molar-refractivity contribution in [1.29, 1.82) is 0 Å². The Hall–Kier alpha value is -1.98. The Morgan fingerprint density at radius 3 is 2.83 bits per heavy atom. The molecule has 0 bridgehead atoms. The maximum absolute atomic E-state index is 12.2. The second-order valence-electron chi connectivity index (χ2n) is 4.04. The molecule has 1 aliphatic heterocycles. The molecule has 1 saturated heterocycles. The molecule has 0 radical (unpaired) electrons. The standard InChI is InChI=1S/C12H15N3O3/c1-2-18-12(17)10-4-3-5-15(10)11(16)9-6-13-8-14-7-9/h6-8,10H,2-5H2,1H3. The predicted molar refractivity (Wildman–Crippen MR) is 62.7 cm³/mol. The molecule has 1 atom stereocenters. The quantitative estimate of drug-likeness (QED) is 0.735. The number of ether oxygens (including phenoxy) is 1. The van der Waals surface area contributed by atoms with Crippen LogP contribution in [0.5, 0.6) is 0 Å². The fourth-order valence-electron chi connectivity index (χ4n) is 2.07. The number of hydrogen-bond donors (Lipinski definition) is 0. The third-order valence-corrected chi connectivity index (χ3v) is 2.88. The number of esters is 1. The lowest BCUT2D eigenvalue weighted by molar-refractivity contribution is -0.147. The first-order valence-electron chi connectivity index (χ1n) is 5.96. The van der Waals surface area contributed by atoms with Crippen LogP contribution >= 0.6 is 0 Å². The Morgan fingerprint density at radius 2 is 2.17 bits per heavy atom. The van der Waals surface area contributed by atoms with E-state index in [9.17, 15) is 9.59 Å². The summed E-state index contributed by atoms with van der Waals surface area (Å²) in [6.07, 6.45) is 5.73. The van der Waals surface area contributed by atoms with Crippen LogP contribution in [0, 0.1) is 0 Å². The SMILES string of the molecule is CCOC(=O)C1CCCN1C(=O)c1cncnc1. The monoisotopic (exact) mass is 249 g/mol. The fourth-order valence-corrected chi connectivity index (χ4v) is 2.07. The Morgan fingerprint density at radius 1 is 1.44 bits per heavy atom. The number of amides is 1. The van der Waals surface area contributed by atoms with Crippen molar-refractivity contribution in [3.63, 3.8) is 0 Å². The minimum Gasteiger partial charge on any atom is -0.464 e. The van der Waals surface area contributed by atoms with Crippen LogP contribution in [-0.4, -0.2) is 45.9 Å². The molecule has 2 rings (SSSR count). The van der Waals surface area contributed by atoms with Crippen LogP contribution in [-0.2, 0) is 9.53 Å². The fraction of sp³-hybridized carbons (Fsp3) is 0.500. The van der Waals surface area contributed by atoms with E-state index in [4.69, 9.17) is 4.74 Å². The van der Waals surface area contributed by atoms with Gasteiger partial charge in [-0.05, 0) is 19.8 Å². The molecular formula is C12H15N3O3. The van der Waals surface area contributed by atoms with E-state index in [-0.39, 0.29) is 11.9 Å². The molecule has 0 spiro atoms. The van der Waals surface area contributed by atoms with Crippen molar-refractivity contribution in [1.82, 2.24) is 14.9 Å². The molecule has 96 valence electrons. The summed E-state index contributed by atoms with van der Waals surface area (Å²) in [5.41, 5.74) is 0.397. The van der Waals surface area contributed by atoms with Crippen molar-refractivity contribution < 1.29 is 14.3 Å². The normalized spacial score (nSPS) is 18.7. The summed E-state index contributed by atoms with van der Waals surface area (Å²) in [6.45, 7) is 2.65. The van der Waals surface area contributed by atoms with E-state index in [0.29, 0.717) is 25.1 Å². The van der Waals surface area contributed by atoms with Crippen molar-refractivity contribution in [3.05, 3.63) is 24.3 Å². The van der Waals surface area contributed by atoms with Crippen molar-refractivity contribution in [2.45, 2.75) is 25.8 Å². The molecular weight excluding hydrogens is 234 g/mol. The molecule has 1 aromatic rings. The van der Waals surface area contributed by atoms with Crippen molar-refractivity contribution in [3.8, 4) is 0 Å². The van der Waals surface area contributed by atoms with Crippen LogP contribution in [0.25, 0.3) is 0 Å². The van der Waals surface area contributed by atoms with E-state index < -0.39 is 6.04 Å². The number of hydrogen-bond acceptors (Lipinski definition) is 5. The summed E-state index contributed by atoms with van der Waals surface area (Å²) in [4.78, 5) is 33.1. The molecule has 1 unspecified atom stereocenters. The molecule has 1 aromatic heterocycles. The number of likely N-dealkylation sites (tertiary alicyclic amines) is 1. The van der Waals surface area contributed by atoms with Crippen LogP contribution in [0.2, 0.25) is 0 Å². The lowest BCUT2D eigenvalue weighted by Gasteiger charge is -2.22. The van der Waals surface area contributed by atoms with Gasteiger partial charge in [-0.3, -0.25) is 4.79 Å². The van der Waals surface area contributed by atoms with Gasteiger partial charge in [0.05, 0.1) is 12.2 Å². The molecule has 18 heavy (non-hydrogen) atoms. The Bertz CT molecular complexity index is 435. The van der Waals surface area contributed by atoms with Gasteiger partial charge >= 0.3 is 5.97 Å². The topological polar surface area (TPSA) is 72.4 Å². The molecule has 6 nitrogen and oxygen atoms in total. The Labute approximate surface area is 105 Å². The predicted octanol–water partition coefficient (Wildman–Crippen LogP) is 0.644. The van der Waals surface area contributed by atoms with Gasteiger partial charge in [0, 0.05) is 18.9 Å². The Balaban J connectivity index is 2.12. The van der Waals surface area contributed by atoms with Gasteiger partial charge in [-0.15, -0.1) is 0 Å². The lowest BCUT2D eigenvalue weighted by Crippen LogP contribution is -2.41. The van der Waals surface area contributed by atoms with Crippen LogP contribution in [0.1, 0.15) is 30.1 Å². The molecule has 0 N–H and O–H groups in total. The lowest BCUT2D eigenvalue weighted by atomic mass is 10.2. The summed E-state index contributed by atoms with van der Waals surface area (Å²) >= 11 is 0. The second kappa shape index (κ2) is 5.57. The van der Waals surface area contributed by atoms with E-state index in [1.54, 1.807) is 6.92 Å². The molecule has 1 fully saturated rings. The van der Waals surface area contributed by atoms with Gasteiger partial charge in [0.2, 0.25) is 0 Å². The summed E-state index contributed by atoms with van der Waals surface area (Å²) in [5.74, 6) is -0.550. The highest BCUT2D eigenvalue weighted by Gasteiger charge is 2.35. The first kappa shape index (κ1) is 12.5. The zero-order valence-electron chi connectivity index (χ0n) is 10.2. The second-order valence-corrected chi connectivity index (χ2v) is 4.04. The number of aromatic nitrogens is 2. The van der Waals surface area contributed by atoms with Crippen molar-refractivity contribution >= 4 is 11.9 Å². The number of carbonyl (C=O) groups excluding carboxylic acids is 2. The highest BCUT2D eigenvalue weighted by Crippen LogP contribution is 2.20. The molecule has 1 aliphatic rings. The minimum absolute atomic E-state index is 0.217. The van der Waals surface area contributed by atoms with E-state index in [1.807, 2.05) is 0 Å². The molecule has 0 aromatic carbocycles. The largest absolute Gasteiger partial charge is 0.464 e. The average molecular weight is 249 g/mol. The average Bonchev–Trinajstić information content (AvgIpc) is 2.88. The van der Waals surface area contributed by atoms with Crippen LogP contribution in [0.4, 0.5) is 0 Å². The van der Waals surface area contributed by atoms with Gasteiger partial charge in [-0.1, -0.05) is 0 Å². The maximum atomic E-state index is 12.2. The summed E-state index contributed by atoms with van der Waals surface area (Å²) < 4.78 is 4.98. The minimum atomic E-state index is -0.474. The van der Waals surface area contributed by atoms with Gasteiger partial charge in [0.1, 0.15) is 12.4 Å². The molecule has 2 heterocycles. The van der Waals surface area contributed by atoms with E-state index in [2.05, 4.69) is 9.97 Å². The van der Waals surface area contributed by atoms with Gasteiger partial charge in [0.25, 0.3) is 5.91 Å². The maximum Gasteiger partial charge on any atom is 0.328 e. The molecule has 0 aliphatic carbocycles. The van der Waals surface area contributed by atoms with Gasteiger partial charge < -0.3 is 9.64 Å². The van der Waals surface area contributed by atoms with Crippen molar-refractivity contribution in [2.75, 3.05) is 13.2 Å². The van der Waals surface area contributed by atoms with E-state index in [1.165, 1.54) is 23.6 Å². The van der Waals surface area contributed by atoms with Gasteiger partial charge in [-0.25, -0.2) is 14.8 Å². The zero-order valence-corrected chi connectivity index (χ0v) is 10.2. The zero-order chi connectivity index (χ0) is 13.0. The van der Waals surface area contributed by atoms with Crippen LogP contribution in [0.3, 0.4) is 0 Å². The van der Waals surface area contributed by atoms with E-state index >= 15 is 0 Å². The number of nitrogens with zero attached hydrogens (tertiary/aromatic N) is 3. The molecule has 1 amide bonds. The first-order valence-corrected chi connectivity index (χ1v) is 5.96. The Kier molecular flexibility index (Phi) is 3.86. The van der Waals surface area contributed by atoms with Gasteiger partial charge in [-0.2, -0.15) is 0 Å². The van der Waals surface area contributed by atoms with Crippen LogP contribution in [0.15, 0.2) is 18.7 Å². The molecule has 0 saturated carbocycles. The number of carbonyl (C=O) groups is 2. The summed E-state index contributed by atoms with van der Waals surface area (Å²) in [5, 5.41) is 0. The first-order chi connectivity index (χ1) is 8.74. The summed E-state index contributed by atoms with van der Waals surface area (Å²) in [6, 6.07) is -0.474. The van der Waals surface area contributed by atoms with Crippen LogP contribution < -0.4 is 0 Å². The highest BCUT2D eigenvalue weighted by atomic mass is 16.5. The van der Waals surface area contributed by atoms with Crippen molar-refractivity contribution in [2.24, 2.45) is 0 Å². The third kappa shape index (κ3) is 2.47. The third-order valence-electron chi connectivity index (χ3n) is 2.88. The van der Waals surface area contributed by atoms with Gasteiger partial charge in [0.15, 0.2) is 0 Å². The summed E-state index contributed by atoms with van der Waals surface area (Å²) in [7, 11) is 0. The smallest absolute Gasteiger partial charge is 0.328 e. The number of rotatable bonds is 3. The molecule has 6 heteroatoms. The van der Waals surface area contributed by atoms with E-state index in [0.717, 1.165) is 6.42 Å².